The van der Waals surface area contributed by atoms with E-state index in [0.29, 0.717) is 19.2 Å². The van der Waals surface area contributed by atoms with Crippen molar-refractivity contribution in [1.29, 1.82) is 0 Å². The Morgan fingerprint density at radius 3 is 2.44 bits per heavy atom. The number of nitrogens with two attached hydrogens (primary N) is 1. The highest BCUT2D eigenvalue weighted by molar-refractivity contribution is 5.80. The van der Waals surface area contributed by atoms with Crippen molar-refractivity contribution in [3.05, 3.63) is 0 Å². The Morgan fingerprint density at radius 1 is 1.38 bits per heavy atom. The van der Waals surface area contributed by atoms with Crippen LogP contribution in [-0.4, -0.2) is 45.0 Å². The van der Waals surface area contributed by atoms with E-state index >= 15 is 0 Å². The minimum absolute atomic E-state index is 0.0434. The first kappa shape index (κ1) is 15.2. The molecule has 0 aromatic carbocycles. The van der Waals surface area contributed by atoms with Crippen molar-refractivity contribution in [1.82, 2.24) is 10.7 Å². The van der Waals surface area contributed by atoms with E-state index in [1.807, 2.05) is 20.8 Å². The number of aliphatic imine (C=N–C) groups is 1. The molecular formula is C10H24N4O2. The molecule has 16 heavy (non-hydrogen) atoms. The van der Waals surface area contributed by atoms with E-state index in [1.54, 1.807) is 14.2 Å². The molecule has 0 aliphatic carbocycles. The second-order valence-corrected chi connectivity index (χ2v) is 4.37. The lowest BCUT2D eigenvalue weighted by Crippen LogP contribution is -2.53. The highest BCUT2D eigenvalue weighted by Gasteiger charge is 2.18. The Balaban J connectivity index is 4.38. The topological polar surface area (TPSA) is 80.9 Å². The molecule has 0 amide bonds. The Morgan fingerprint density at radius 2 is 2.00 bits per heavy atom. The zero-order valence-electron chi connectivity index (χ0n) is 10.8. The van der Waals surface area contributed by atoms with Gasteiger partial charge in [-0.25, -0.2) is 10.8 Å². The molecule has 1 unspecified atom stereocenters. The predicted molar refractivity (Wildman–Crippen MR) is 65.2 cm³/mol. The summed E-state index contributed by atoms with van der Waals surface area (Å²) >= 11 is 0. The molecule has 0 aliphatic heterocycles. The fourth-order valence-corrected chi connectivity index (χ4v) is 1.32. The van der Waals surface area contributed by atoms with Crippen LogP contribution in [-0.2, 0) is 9.47 Å². The summed E-state index contributed by atoms with van der Waals surface area (Å²) in [6, 6.07) is 0.0434. The normalized spacial score (nSPS) is 14.8. The maximum absolute atomic E-state index is 5.40. The monoisotopic (exact) mass is 232 g/mol. The van der Waals surface area contributed by atoms with Crippen molar-refractivity contribution in [2.24, 2.45) is 10.8 Å². The van der Waals surface area contributed by atoms with E-state index in [1.165, 1.54) is 0 Å². The van der Waals surface area contributed by atoms with E-state index in [0.717, 1.165) is 0 Å². The van der Waals surface area contributed by atoms with Gasteiger partial charge in [-0.05, 0) is 20.8 Å². The standard InChI is InChI=1S/C10H24N4O2/c1-8(6-15-4)12-9(14-11)13-10(2,3)7-16-5/h8H,6-7,11H2,1-5H3,(H2,12,13,14). The summed E-state index contributed by atoms with van der Waals surface area (Å²) in [6.07, 6.45) is 0. The number of nitrogens with zero attached hydrogens (tertiary/aromatic N) is 1. The van der Waals surface area contributed by atoms with Crippen LogP contribution in [0.3, 0.4) is 0 Å². The molecule has 0 aliphatic rings. The molecule has 0 aromatic rings. The Kier molecular flexibility index (Phi) is 7.03. The van der Waals surface area contributed by atoms with E-state index < -0.39 is 0 Å². The molecule has 1 atom stereocenters. The van der Waals surface area contributed by atoms with E-state index in [4.69, 9.17) is 15.3 Å². The molecule has 0 saturated heterocycles. The Bertz CT molecular complexity index is 219. The number of hydrogen-bond acceptors (Lipinski definition) is 4. The van der Waals surface area contributed by atoms with Crippen molar-refractivity contribution in [2.45, 2.75) is 32.4 Å². The van der Waals surface area contributed by atoms with Gasteiger partial charge in [0.25, 0.3) is 0 Å². The van der Waals surface area contributed by atoms with Gasteiger partial charge in [0.05, 0.1) is 24.8 Å². The third-order valence-corrected chi connectivity index (χ3v) is 1.86. The lowest BCUT2D eigenvalue weighted by Gasteiger charge is -2.27. The van der Waals surface area contributed by atoms with Crippen molar-refractivity contribution in [3.63, 3.8) is 0 Å². The number of guanidine groups is 1. The minimum atomic E-state index is -0.229. The summed E-state index contributed by atoms with van der Waals surface area (Å²) in [5.41, 5.74) is 2.30. The number of rotatable bonds is 6. The Labute approximate surface area is 97.6 Å². The molecule has 6 heteroatoms. The van der Waals surface area contributed by atoms with Gasteiger partial charge >= 0.3 is 0 Å². The zero-order chi connectivity index (χ0) is 12.6. The SMILES string of the molecule is COCC(C)N=C(NN)NC(C)(C)COC. The number of hydrazine groups is 1. The van der Waals surface area contributed by atoms with Crippen molar-refractivity contribution >= 4 is 5.96 Å². The van der Waals surface area contributed by atoms with Gasteiger partial charge in [0, 0.05) is 14.2 Å². The van der Waals surface area contributed by atoms with Crippen molar-refractivity contribution in [3.8, 4) is 0 Å². The summed E-state index contributed by atoms with van der Waals surface area (Å²) in [4.78, 5) is 4.34. The summed E-state index contributed by atoms with van der Waals surface area (Å²) < 4.78 is 10.1. The molecule has 0 aromatic heterocycles. The van der Waals surface area contributed by atoms with Crippen LogP contribution < -0.4 is 16.6 Å². The van der Waals surface area contributed by atoms with Gasteiger partial charge in [0.15, 0.2) is 0 Å². The smallest absolute Gasteiger partial charge is 0.206 e. The Hall–Kier alpha value is -0.850. The van der Waals surface area contributed by atoms with Gasteiger partial charge in [-0.3, -0.25) is 5.43 Å². The van der Waals surface area contributed by atoms with Gasteiger partial charge in [0.1, 0.15) is 0 Å². The first-order chi connectivity index (χ1) is 7.45. The second-order valence-electron chi connectivity index (χ2n) is 4.37. The quantitative estimate of drug-likeness (QED) is 0.257. The summed E-state index contributed by atoms with van der Waals surface area (Å²) in [6.45, 7) is 7.07. The van der Waals surface area contributed by atoms with E-state index in [2.05, 4.69) is 15.7 Å². The summed E-state index contributed by atoms with van der Waals surface area (Å²) in [5, 5.41) is 3.17. The number of hydrogen-bond donors (Lipinski definition) is 3. The second kappa shape index (κ2) is 7.43. The summed E-state index contributed by atoms with van der Waals surface area (Å²) in [5.74, 6) is 5.93. The first-order valence-corrected chi connectivity index (χ1v) is 5.25. The van der Waals surface area contributed by atoms with Crippen LogP contribution in [0.2, 0.25) is 0 Å². The molecule has 0 rings (SSSR count). The third kappa shape index (κ3) is 6.60. The number of nitrogens with one attached hydrogen (secondary N) is 2. The van der Waals surface area contributed by atoms with E-state index in [9.17, 15) is 0 Å². The molecule has 96 valence electrons. The maximum atomic E-state index is 5.40. The molecular weight excluding hydrogens is 208 g/mol. The zero-order valence-corrected chi connectivity index (χ0v) is 10.8. The van der Waals surface area contributed by atoms with Crippen LogP contribution in [0.4, 0.5) is 0 Å². The van der Waals surface area contributed by atoms with Gasteiger partial charge in [0.2, 0.25) is 5.96 Å². The fourth-order valence-electron chi connectivity index (χ4n) is 1.32. The number of ether oxygens (including phenoxy) is 2. The van der Waals surface area contributed by atoms with Crippen LogP contribution in [0.15, 0.2) is 4.99 Å². The molecule has 0 spiro atoms. The highest BCUT2D eigenvalue weighted by atomic mass is 16.5. The predicted octanol–water partition coefficient (Wildman–Crippen LogP) is -0.145. The molecule has 4 N–H and O–H groups in total. The fraction of sp³-hybridized carbons (Fsp3) is 0.900. The molecule has 0 radical (unpaired) electrons. The average molecular weight is 232 g/mol. The van der Waals surface area contributed by atoms with Gasteiger partial charge in [-0.15, -0.1) is 0 Å². The van der Waals surface area contributed by atoms with Gasteiger partial charge < -0.3 is 14.8 Å². The summed E-state index contributed by atoms with van der Waals surface area (Å²) in [7, 11) is 3.30. The minimum Gasteiger partial charge on any atom is -0.382 e. The molecule has 0 heterocycles. The van der Waals surface area contributed by atoms with Gasteiger partial charge in [-0.2, -0.15) is 0 Å². The average Bonchev–Trinajstić information content (AvgIpc) is 2.16. The molecule has 0 bridgehead atoms. The van der Waals surface area contributed by atoms with Crippen molar-refractivity contribution < 1.29 is 9.47 Å². The highest BCUT2D eigenvalue weighted by Crippen LogP contribution is 2.02. The molecule has 0 saturated carbocycles. The lowest BCUT2D eigenvalue weighted by molar-refractivity contribution is 0.139. The van der Waals surface area contributed by atoms with Crippen LogP contribution in [0.5, 0.6) is 0 Å². The van der Waals surface area contributed by atoms with Crippen molar-refractivity contribution in [2.75, 3.05) is 27.4 Å². The van der Waals surface area contributed by atoms with Crippen LogP contribution in [0.1, 0.15) is 20.8 Å². The van der Waals surface area contributed by atoms with E-state index in [-0.39, 0.29) is 11.6 Å². The molecule has 6 nitrogen and oxygen atoms in total. The van der Waals surface area contributed by atoms with Crippen LogP contribution in [0.25, 0.3) is 0 Å². The first-order valence-electron chi connectivity index (χ1n) is 5.25. The maximum Gasteiger partial charge on any atom is 0.206 e. The largest absolute Gasteiger partial charge is 0.382 e. The molecule has 0 fully saturated rings. The number of methoxy groups -OCH3 is 2. The lowest BCUT2D eigenvalue weighted by atomic mass is 10.1. The van der Waals surface area contributed by atoms with Gasteiger partial charge in [-0.1, -0.05) is 0 Å². The van der Waals surface area contributed by atoms with Crippen LogP contribution in [0, 0.1) is 0 Å². The third-order valence-electron chi connectivity index (χ3n) is 1.86. The van der Waals surface area contributed by atoms with Crippen LogP contribution >= 0.6 is 0 Å².